The highest BCUT2D eigenvalue weighted by atomic mass is 32.1. The molecule has 3 aromatic rings. The van der Waals surface area contributed by atoms with E-state index in [4.69, 9.17) is 4.74 Å². The number of morpholine rings is 1. The maximum atomic E-state index is 11.0. The molecule has 1 fully saturated rings. The molecule has 1 saturated heterocycles. The number of nitrogens with one attached hydrogen (secondary N) is 1. The Morgan fingerprint density at radius 3 is 2.67 bits per heavy atom. The van der Waals surface area contributed by atoms with E-state index >= 15 is 0 Å². The SMILES string of the molecule is O=[N+]([O-])c1ccc(/C=C2\CCC(/C=N/Nc3nc4ccccc4s3)=C2N2CCOCC2)cc1. The third-order valence-electron chi connectivity index (χ3n) is 5.72. The minimum Gasteiger partial charge on any atom is -0.378 e. The summed E-state index contributed by atoms with van der Waals surface area (Å²) in [5.41, 5.74) is 8.66. The number of fused-ring (bicyclic) bond motifs is 1. The number of nitro benzene ring substituents is 1. The second-order valence-corrected chi connectivity index (χ2v) is 8.88. The lowest BCUT2D eigenvalue weighted by Crippen LogP contribution is -2.36. The van der Waals surface area contributed by atoms with E-state index in [0.717, 1.165) is 46.8 Å². The van der Waals surface area contributed by atoms with Crippen molar-refractivity contribution < 1.29 is 9.66 Å². The number of para-hydroxylation sites is 1. The summed E-state index contributed by atoms with van der Waals surface area (Å²) in [6.07, 6.45) is 5.80. The highest BCUT2D eigenvalue weighted by Crippen LogP contribution is 2.35. The fraction of sp³-hybridized carbons (Fsp3) is 0.250. The highest BCUT2D eigenvalue weighted by molar-refractivity contribution is 7.22. The van der Waals surface area contributed by atoms with Crippen molar-refractivity contribution in [3.63, 3.8) is 0 Å². The Kier molecular flexibility index (Phi) is 6.14. The fourth-order valence-electron chi connectivity index (χ4n) is 4.15. The maximum absolute atomic E-state index is 11.0. The molecule has 33 heavy (non-hydrogen) atoms. The molecule has 2 aliphatic rings. The van der Waals surface area contributed by atoms with E-state index in [1.807, 2.05) is 30.5 Å². The summed E-state index contributed by atoms with van der Waals surface area (Å²) in [5.74, 6) is 0. The number of rotatable bonds is 6. The highest BCUT2D eigenvalue weighted by Gasteiger charge is 2.25. The van der Waals surface area contributed by atoms with Gasteiger partial charge in [0.1, 0.15) is 0 Å². The number of hydrogen-bond donors (Lipinski definition) is 1. The van der Waals surface area contributed by atoms with Gasteiger partial charge >= 0.3 is 0 Å². The van der Waals surface area contributed by atoms with Crippen LogP contribution in [0.2, 0.25) is 0 Å². The quantitative estimate of drug-likeness (QED) is 0.313. The molecule has 0 saturated carbocycles. The molecule has 0 radical (unpaired) electrons. The molecular weight excluding hydrogens is 438 g/mol. The van der Waals surface area contributed by atoms with E-state index < -0.39 is 0 Å². The predicted molar refractivity (Wildman–Crippen MR) is 131 cm³/mol. The number of hydrazone groups is 1. The van der Waals surface area contributed by atoms with Crippen LogP contribution in [0.15, 0.2) is 70.5 Å². The largest absolute Gasteiger partial charge is 0.378 e. The van der Waals surface area contributed by atoms with E-state index in [0.29, 0.717) is 13.2 Å². The van der Waals surface area contributed by atoms with E-state index in [1.54, 1.807) is 35.6 Å². The van der Waals surface area contributed by atoms with Crippen molar-refractivity contribution in [3.8, 4) is 0 Å². The van der Waals surface area contributed by atoms with Crippen LogP contribution in [0.25, 0.3) is 16.3 Å². The average molecular weight is 462 g/mol. The molecule has 168 valence electrons. The molecule has 2 heterocycles. The lowest BCUT2D eigenvalue weighted by molar-refractivity contribution is -0.384. The van der Waals surface area contributed by atoms with Crippen molar-refractivity contribution in [1.82, 2.24) is 9.88 Å². The van der Waals surface area contributed by atoms with Gasteiger partial charge in [0.2, 0.25) is 5.13 Å². The van der Waals surface area contributed by atoms with E-state index in [2.05, 4.69) is 26.5 Å². The summed E-state index contributed by atoms with van der Waals surface area (Å²) in [6.45, 7) is 3.05. The van der Waals surface area contributed by atoms with Gasteiger partial charge in [-0.2, -0.15) is 5.10 Å². The van der Waals surface area contributed by atoms with Crippen LogP contribution in [0.3, 0.4) is 0 Å². The lowest BCUT2D eigenvalue weighted by Gasteiger charge is -2.31. The van der Waals surface area contributed by atoms with Gasteiger partial charge in [-0.05, 0) is 59.9 Å². The van der Waals surface area contributed by atoms with Crippen LogP contribution in [-0.2, 0) is 4.74 Å². The van der Waals surface area contributed by atoms with Gasteiger partial charge in [-0.3, -0.25) is 15.5 Å². The molecule has 0 spiro atoms. The Labute approximate surface area is 195 Å². The molecule has 1 aliphatic carbocycles. The molecular formula is C24H23N5O3S. The Bertz CT molecular complexity index is 1220. The van der Waals surface area contributed by atoms with Crippen LogP contribution in [0.4, 0.5) is 10.8 Å². The zero-order chi connectivity index (χ0) is 22.6. The second kappa shape index (κ2) is 9.51. The number of hydrogen-bond acceptors (Lipinski definition) is 8. The van der Waals surface area contributed by atoms with Gasteiger partial charge in [-0.25, -0.2) is 4.98 Å². The molecule has 2 aromatic carbocycles. The van der Waals surface area contributed by atoms with Crippen molar-refractivity contribution >= 4 is 44.7 Å². The van der Waals surface area contributed by atoms with Gasteiger partial charge in [0, 0.05) is 30.9 Å². The van der Waals surface area contributed by atoms with Gasteiger partial charge in [0.15, 0.2) is 0 Å². The van der Waals surface area contributed by atoms with Gasteiger partial charge in [0.25, 0.3) is 5.69 Å². The van der Waals surface area contributed by atoms with Crippen molar-refractivity contribution in [3.05, 3.63) is 81.1 Å². The summed E-state index contributed by atoms with van der Waals surface area (Å²) in [7, 11) is 0. The van der Waals surface area contributed by atoms with Crippen LogP contribution < -0.4 is 5.43 Å². The molecule has 5 rings (SSSR count). The number of benzene rings is 2. The number of ether oxygens (including phenoxy) is 1. The Morgan fingerprint density at radius 2 is 1.91 bits per heavy atom. The predicted octanol–water partition coefficient (Wildman–Crippen LogP) is 5.07. The second-order valence-electron chi connectivity index (χ2n) is 7.85. The summed E-state index contributed by atoms with van der Waals surface area (Å²) in [5, 5.41) is 16.2. The van der Waals surface area contributed by atoms with Crippen LogP contribution >= 0.6 is 11.3 Å². The Morgan fingerprint density at radius 1 is 1.12 bits per heavy atom. The standard InChI is InChI=1S/C24H23N5O3S/c30-29(31)20-9-5-17(6-10-20)15-18-7-8-19(23(18)28-11-13-32-14-12-28)16-25-27-24-26-21-3-1-2-4-22(21)33-24/h1-6,9-10,15-16H,7-8,11-14H2,(H,26,27)/b18-15+,25-16+. The van der Waals surface area contributed by atoms with Crippen molar-refractivity contribution in [1.29, 1.82) is 0 Å². The van der Waals surface area contributed by atoms with Crippen molar-refractivity contribution in [2.45, 2.75) is 12.8 Å². The monoisotopic (exact) mass is 461 g/mol. The minimum absolute atomic E-state index is 0.0984. The Hall–Kier alpha value is -3.56. The molecule has 1 aromatic heterocycles. The number of aromatic nitrogens is 1. The van der Waals surface area contributed by atoms with Crippen LogP contribution in [0.5, 0.6) is 0 Å². The first-order chi connectivity index (χ1) is 16.2. The summed E-state index contributed by atoms with van der Waals surface area (Å²) in [6, 6.07) is 14.7. The van der Waals surface area contributed by atoms with E-state index in [1.165, 1.54) is 16.8 Å². The van der Waals surface area contributed by atoms with Crippen molar-refractivity contribution in [2.75, 3.05) is 31.7 Å². The molecule has 8 nitrogen and oxygen atoms in total. The molecule has 0 unspecified atom stereocenters. The summed E-state index contributed by atoms with van der Waals surface area (Å²) in [4.78, 5) is 17.5. The van der Waals surface area contributed by atoms with Crippen LogP contribution in [-0.4, -0.2) is 47.3 Å². The molecule has 1 N–H and O–H groups in total. The normalized spacial score (nSPS) is 18.1. The number of anilines is 1. The topological polar surface area (TPSA) is 92.9 Å². The molecule has 0 atom stereocenters. The van der Waals surface area contributed by atoms with Crippen LogP contribution in [0.1, 0.15) is 18.4 Å². The van der Waals surface area contributed by atoms with Crippen LogP contribution in [0, 0.1) is 10.1 Å². The number of thiazole rings is 1. The first kappa shape index (κ1) is 21.3. The fourth-order valence-corrected chi connectivity index (χ4v) is 4.97. The number of nitro groups is 1. The number of allylic oxidation sites excluding steroid dienone is 2. The van der Waals surface area contributed by atoms with Gasteiger partial charge in [-0.1, -0.05) is 23.5 Å². The first-order valence-electron chi connectivity index (χ1n) is 10.8. The van der Waals surface area contributed by atoms with Gasteiger partial charge in [0.05, 0.1) is 34.6 Å². The third-order valence-corrected chi connectivity index (χ3v) is 6.66. The molecule has 1 aliphatic heterocycles. The zero-order valence-electron chi connectivity index (χ0n) is 17.9. The number of nitrogens with zero attached hydrogens (tertiary/aromatic N) is 4. The summed E-state index contributed by atoms with van der Waals surface area (Å²) >= 11 is 1.58. The summed E-state index contributed by atoms with van der Waals surface area (Å²) < 4.78 is 6.67. The van der Waals surface area contributed by atoms with Gasteiger partial charge in [-0.15, -0.1) is 0 Å². The minimum atomic E-state index is -0.376. The van der Waals surface area contributed by atoms with E-state index in [9.17, 15) is 10.1 Å². The van der Waals surface area contributed by atoms with Crippen molar-refractivity contribution in [2.24, 2.45) is 5.10 Å². The third kappa shape index (κ3) is 4.79. The smallest absolute Gasteiger partial charge is 0.269 e. The molecule has 9 heteroatoms. The molecule has 0 amide bonds. The zero-order valence-corrected chi connectivity index (χ0v) is 18.8. The maximum Gasteiger partial charge on any atom is 0.269 e. The first-order valence-corrected chi connectivity index (χ1v) is 11.6. The van der Waals surface area contributed by atoms with Gasteiger partial charge < -0.3 is 9.64 Å². The number of non-ortho nitro benzene ring substituents is 1. The average Bonchev–Trinajstić information content (AvgIpc) is 3.43. The van der Waals surface area contributed by atoms with E-state index in [-0.39, 0.29) is 10.6 Å². The Balaban J connectivity index is 1.40. The lowest BCUT2D eigenvalue weighted by atomic mass is 10.1. The molecule has 0 bridgehead atoms.